The highest BCUT2D eigenvalue weighted by atomic mass is 16.7. The summed E-state index contributed by atoms with van der Waals surface area (Å²) in [6, 6.07) is 0. The molecule has 0 unspecified atom stereocenters. The zero-order valence-electron chi connectivity index (χ0n) is 12.6. The fourth-order valence-electron chi connectivity index (χ4n) is 2.55. The fraction of sp³-hybridized carbons (Fsp3) is 0.857. The number of hydrogen-bond donors (Lipinski definition) is 2. The van der Waals surface area contributed by atoms with Gasteiger partial charge in [0.15, 0.2) is 12.2 Å². The summed E-state index contributed by atoms with van der Waals surface area (Å²) >= 11 is 0. The Labute approximate surface area is 128 Å². The molecule has 2 rings (SSSR count). The number of aliphatic hydroxyl groups is 2. The molecule has 2 saturated heterocycles. The molecule has 2 heterocycles. The summed E-state index contributed by atoms with van der Waals surface area (Å²) in [5.41, 5.74) is 0. The van der Waals surface area contributed by atoms with Crippen LogP contribution in [0.3, 0.4) is 0 Å². The molecule has 126 valence electrons. The van der Waals surface area contributed by atoms with Gasteiger partial charge in [-0.3, -0.25) is 9.59 Å². The third kappa shape index (κ3) is 4.39. The molecule has 0 bridgehead atoms. The van der Waals surface area contributed by atoms with Gasteiger partial charge in [0.05, 0.1) is 38.3 Å². The molecule has 0 spiro atoms. The Kier molecular flexibility index (Phi) is 5.74. The van der Waals surface area contributed by atoms with Gasteiger partial charge in [0.2, 0.25) is 0 Å². The maximum absolute atomic E-state index is 11.6. The first-order valence-electron chi connectivity index (χ1n) is 7.35. The van der Waals surface area contributed by atoms with E-state index in [1.165, 1.54) is 13.8 Å². The van der Waals surface area contributed by atoms with E-state index in [-0.39, 0.29) is 26.1 Å². The van der Waals surface area contributed by atoms with E-state index in [1.807, 2.05) is 0 Å². The first-order chi connectivity index (χ1) is 10.4. The molecule has 6 atom stereocenters. The monoisotopic (exact) mass is 318 g/mol. The van der Waals surface area contributed by atoms with E-state index in [0.29, 0.717) is 0 Å². The first kappa shape index (κ1) is 17.1. The zero-order valence-corrected chi connectivity index (χ0v) is 12.6. The summed E-state index contributed by atoms with van der Waals surface area (Å²) in [6.07, 6.45) is -3.85. The number of ether oxygens (including phenoxy) is 4. The molecule has 2 aliphatic rings. The van der Waals surface area contributed by atoms with Crippen LogP contribution in [0.1, 0.15) is 26.7 Å². The van der Waals surface area contributed by atoms with E-state index in [9.17, 15) is 9.59 Å². The van der Waals surface area contributed by atoms with Gasteiger partial charge in [-0.2, -0.15) is 0 Å². The maximum atomic E-state index is 11.6. The van der Waals surface area contributed by atoms with Crippen LogP contribution in [-0.2, 0) is 28.5 Å². The van der Waals surface area contributed by atoms with E-state index in [2.05, 4.69) is 0 Å². The molecule has 8 heteroatoms. The van der Waals surface area contributed by atoms with Crippen LogP contribution in [0.4, 0.5) is 0 Å². The summed E-state index contributed by atoms with van der Waals surface area (Å²) in [4.78, 5) is 23.1. The van der Waals surface area contributed by atoms with E-state index < -0.39 is 48.6 Å². The van der Waals surface area contributed by atoms with E-state index >= 15 is 0 Å². The Morgan fingerprint density at radius 2 is 1.32 bits per heavy atom. The van der Waals surface area contributed by atoms with E-state index in [4.69, 9.17) is 29.2 Å². The summed E-state index contributed by atoms with van der Waals surface area (Å²) in [7, 11) is 0. The second-order valence-corrected chi connectivity index (χ2v) is 5.76. The van der Waals surface area contributed by atoms with Crippen LogP contribution in [0, 0.1) is 0 Å². The number of rotatable bonds is 6. The van der Waals surface area contributed by atoms with Crippen molar-refractivity contribution in [2.45, 2.75) is 63.3 Å². The molecular weight excluding hydrogens is 296 g/mol. The Morgan fingerprint density at radius 1 is 0.955 bits per heavy atom. The topological polar surface area (TPSA) is 112 Å². The van der Waals surface area contributed by atoms with Crippen LogP contribution in [0.5, 0.6) is 0 Å². The highest BCUT2D eigenvalue weighted by Crippen LogP contribution is 2.31. The predicted molar refractivity (Wildman–Crippen MR) is 71.8 cm³/mol. The largest absolute Gasteiger partial charge is 0.457 e. The lowest BCUT2D eigenvalue weighted by atomic mass is 10.1. The fourth-order valence-corrected chi connectivity index (χ4v) is 2.55. The van der Waals surface area contributed by atoms with Crippen LogP contribution >= 0.6 is 0 Å². The second-order valence-electron chi connectivity index (χ2n) is 5.76. The van der Waals surface area contributed by atoms with Gasteiger partial charge >= 0.3 is 11.9 Å². The van der Waals surface area contributed by atoms with E-state index in [0.717, 1.165) is 0 Å². The number of carbonyl (C=O) groups is 2. The lowest BCUT2D eigenvalue weighted by molar-refractivity contribution is -0.157. The Bertz CT molecular complexity index is 370. The third-order valence-electron chi connectivity index (χ3n) is 3.45. The van der Waals surface area contributed by atoms with Gasteiger partial charge in [0, 0.05) is 0 Å². The molecule has 0 aromatic carbocycles. The van der Waals surface area contributed by atoms with Gasteiger partial charge in [-0.25, -0.2) is 0 Å². The van der Waals surface area contributed by atoms with Gasteiger partial charge in [0.1, 0.15) is 12.2 Å². The summed E-state index contributed by atoms with van der Waals surface area (Å²) in [5.74, 6) is -1.05. The summed E-state index contributed by atoms with van der Waals surface area (Å²) in [6.45, 7) is 3.31. The molecule has 2 fully saturated rings. The summed E-state index contributed by atoms with van der Waals surface area (Å²) < 4.78 is 21.5. The SMILES string of the molecule is C[C@@H](O)CC(=O)O[C@H]1CO[C@H]2[C@@H]1OC[C@H]2OC(=O)C[C@@H](C)O. The Morgan fingerprint density at radius 3 is 1.64 bits per heavy atom. The number of carbonyl (C=O) groups excluding carboxylic acids is 2. The number of hydrogen-bond acceptors (Lipinski definition) is 8. The average molecular weight is 318 g/mol. The molecule has 0 radical (unpaired) electrons. The van der Waals surface area contributed by atoms with Crippen molar-refractivity contribution in [2.24, 2.45) is 0 Å². The molecule has 0 saturated carbocycles. The third-order valence-corrected chi connectivity index (χ3v) is 3.45. The van der Waals surface area contributed by atoms with Crippen molar-refractivity contribution in [2.75, 3.05) is 13.2 Å². The Balaban J connectivity index is 1.83. The van der Waals surface area contributed by atoms with Crippen molar-refractivity contribution in [3.8, 4) is 0 Å². The zero-order chi connectivity index (χ0) is 16.3. The predicted octanol–water partition coefficient (Wildman–Crippen LogP) is -0.851. The van der Waals surface area contributed by atoms with Gasteiger partial charge in [-0.1, -0.05) is 0 Å². The lowest BCUT2D eigenvalue weighted by Gasteiger charge is -2.17. The quantitative estimate of drug-likeness (QED) is 0.609. The van der Waals surface area contributed by atoms with Crippen LogP contribution in [0.15, 0.2) is 0 Å². The molecule has 22 heavy (non-hydrogen) atoms. The normalized spacial score (nSPS) is 33.1. The first-order valence-corrected chi connectivity index (χ1v) is 7.35. The molecule has 0 amide bonds. The van der Waals surface area contributed by atoms with Crippen LogP contribution in [-0.4, -0.2) is 72.0 Å². The smallest absolute Gasteiger partial charge is 0.308 e. The van der Waals surface area contributed by atoms with Gasteiger partial charge < -0.3 is 29.2 Å². The van der Waals surface area contributed by atoms with Crippen LogP contribution in [0.2, 0.25) is 0 Å². The number of aliphatic hydroxyl groups excluding tert-OH is 2. The van der Waals surface area contributed by atoms with Crippen molar-refractivity contribution in [1.29, 1.82) is 0 Å². The molecule has 0 aromatic rings. The van der Waals surface area contributed by atoms with Crippen molar-refractivity contribution < 1.29 is 38.7 Å². The summed E-state index contributed by atoms with van der Waals surface area (Å²) in [5, 5.41) is 18.3. The average Bonchev–Trinajstić information content (AvgIpc) is 2.92. The van der Waals surface area contributed by atoms with Gasteiger partial charge in [0.25, 0.3) is 0 Å². The standard InChI is InChI=1S/C14H22O8/c1-7(15)3-11(17)21-9-5-19-14-10(6-20-13(9)14)22-12(18)4-8(2)16/h7-10,13-16H,3-6H2,1-2H3/t7-,8-,9-,10+,13-,14-/m1/s1. The molecule has 2 N–H and O–H groups in total. The molecule has 2 aliphatic heterocycles. The van der Waals surface area contributed by atoms with Crippen LogP contribution < -0.4 is 0 Å². The number of esters is 2. The van der Waals surface area contributed by atoms with Crippen molar-refractivity contribution in [1.82, 2.24) is 0 Å². The van der Waals surface area contributed by atoms with Crippen molar-refractivity contribution >= 4 is 11.9 Å². The van der Waals surface area contributed by atoms with Crippen LogP contribution in [0.25, 0.3) is 0 Å². The maximum Gasteiger partial charge on any atom is 0.308 e. The minimum Gasteiger partial charge on any atom is -0.457 e. The highest BCUT2D eigenvalue weighted by molar-refractivity contribution is 5.70. The Hall–Kier alpha value is -1.22. The lowest BCUT2D eigenvalue weighted by Crippen LogP contribution is -2.36. The second kappa shape index (κ2) is 7.36. The minimum atomic E-state index is -0.774. The minimum absolute atomic E-state index is 0.0965. The number of fused-ring (bicyclic) bond motifs is 1. The van der Waals surface area contributed by atoms with Crippen molar-refractivity contribution in [3.63, 3.8) is 0 Å². The molecule has 8 nitrogen and oxygen atoms in total. The van der Waals surface area contributed by atoms with Gasteiger partial charge in [-0.15, -0.1) is 0 Å². The van der Waals surface area contributed by atoms with E-state index in [1.54, 1.807) is 0 Å². The van der Waals surface area contributed by atoms with Gasteiger partial charge in [-0.05, 0) is 13.8 Å². The highest BCUT2D eigenvalue weighted by Gasteiger charge is 2.51. The molecule has 0 aliphatic carbocycles. The molecular formula is C14H22O8. The molecule has 0 aromatic heterocycles. The van der Waals surface area contributed by atoms with Crippen molar-refractivity contribution in [3.05, 3.63) is 0 Å².